The van der Waals surface area contributed by atoms with E-state index in [0.717, 1.165) is 32.1 Å². The molecule has 2 fully saturated rings. The van der Waals surface area contributed by atoms with E-state index in [4.69, 9.17) is 18.9 Å². The van der Waals surface area contributed by atoms with Crippen molar-refractivity contribution in [3.63, 3.8) is 0 Å². The molecule has 1 saturated heterocycles. The Labute approximate surface area is 152 Å². The second kappa shape index (κ2) is 8.36. The summed E-state index contributed by atoms with van der Waals surface area (Å²) in [6.45, 7) is 12.8. The summed E-state index contributed by atoms with van der Waals surface area (Å²) in [7, 11) is 0. The molecule has 0 bridgehead atoms. The molecule has 1 aliphatic heterocycles. The van der Waals surface area contributed by atoms with Gasteiger partial charge in [-0.25, -0.2) is 0 Å². The van der Waals surface area contributed by atoms with Gasteiger partial charge >= 0.3 is 5.97 Å². The topological polar surface area (TPSA) is 54.0 Å². The third-order valence-corrected chi connectivity index (χ3v) is 5.03. The highest BCUT2D eigenvalue weighted by Crippen LogP contribution is 2.32. The van der Waals surface area contributed by atoms with E-state index >= 15 is 0 Å². The van der Waals surface area contributed by atoms with Gasteiger partial charge in [-0.3, -0.25) is 4.79 Å². The largest absolute Gasteiger partial charge is 0.460 e. The van der Waals surface area contributed by atoms with Gasteiger partial charge in [0.15, 0.2) is 5.79 Å². The summed E-state index contributed by atoms with van der Waals surface area (Å²) in [6.07, 6.45) is 5.49. The average molecular weight is 357 g/mol. The van der Waals surface area contributed by atoms with Gasteiger partial charge in [-0.15, -0.1) is 0 Å². The van der Waals surface area contributed by atoms with Gasteiger partial charge in [-0.1, -0.05) is 13.3 Å². The van der Waals surface area contributed by atoms with Crippen molar-refractivity contribution in [1.82, 2.24) is 0 Å². The molecule has 0 spiro atoms. The SMILES string of the molecule is CC(C(=O)OC(C)(C)C)C1CCCC(OC[C@H]2COC(C)(C)O2)CC1. The van der Waals surface area contributed by atoms with E-state index in [2.05, 4.69) is 0 Å². The van der Waals surface area contributed by atoms with Crippen LogP contribution in [0.2, 0.25) is 0 Å². The maximum atomic E-state index is 12.3. The highest BCUT2D eigenvalue weighted by Gasteiger charge is 2.34. The van der Waals surface area contributed by atoms with E-state index in [-0.39, 0.29) is 24.1 Å². The van der Waals surface area contributed by atoms with E-state index in [1.54, 1.807) is 0 Å². The van der Waals surface area contributed by atoms with Crippen LogP contribution in [0.4, 0.5) is 0 Å². The summed E-state index contributed by atoms with van der Waals surface area (Å²) >= 11 is 0. The number of esters is 1. The van der Waals surface area contributed by atoms with Gasteiger partial charge in [0.25, 0.3) is 0 Å². The van der Waals surface area contributed by atoms with Crippen LogP contribution < -0.4 is 0 Å². The summed E-state index contributed by atoms with van der Waals surface area (Å²) in [5, 5.41) is 0. The lowest BCUT2D eigenvalue weighted by Crippen LogP contribution is -2.31. The third-order valence-electron chi connectivity index (χ3n) is 5.03. The van der Waals surface area contributed by atoms with Crippen molar-refractivity contribution in [3.05, 3.63) is 0 Å². The van der Waals surface area contributed by atoms with Crippen LogP contribution in [0.5, 0.6) is 0 Å². The van der Waals surface area contributed by atoms with Crippen molar-refractivity contribution in [2.24, 2.45) is 11.8 Å². The van der Waals surface area contributed by atoms with Gasteiger partial charge in [0.05, 0.1) is 25.2 Å². The van der Waals surface area contributed by atoms with Crippen molar-refractivity contribution in [2.45, 2.75) is 97.2 Å². The molecule has 0 aromatic carbocycles. The first-order valence-electron chi connectivity index (χ1n) is 9.72. The smallest absolute Gasteiger partial charge is 0.309 e. The second-order valence-electron chi connectivity index (χ2n) is 9.00. The number of hydrogen-bond acceptors (Lipinski definition) is 5. The van der Waals surface area contributed by atoms with Crippen LogP contribution in [0.25, 0.3) is 0 Å². The molecule has 0 aromatic rings. The van der Waals surface area contributed by atoms with Gasteiger partial charge in [0.2, 0.25) is 0 Å². The summed E-state index contributed by atoms with van der Waals surface area (Å²) in [6, 6.07) is 0. The highest BCUT2D eigenvalue weighted by atomic mass is 16.7. The molecule has 3 unspecified atom stereocenters. The van der Waals surface area contributed by atoms with Crippen LogP contribution in [0, 0.1) is 11.8 Å². The van der Waals surface area contributed by atoms with Gasteiger partial charge in [-0.05, 0) is 66.2 Å². The molecule has 4 atom stereocenters. The third kappa shape index (κ3) is 6.87. The molecule has 146 valence electrons. The van der Waals surface area contributed by atoms with Crippen molar-refractivity contribution >= 4 is 5.97 Å². The quantitative estimate of drug-likeness (QED) is 0.549. The first-order valence-corrected chi connectivity index (χ1v) is 9.72. The number of rotatable bonds is 5. The Hall–Kier alpha value is -0.650. The maximum Gasteiger partial charge on any atom is 0.309 e. The van der Waals surface area contributed by atoms with Gasteiger partial charge in [0.1, 0.15) is 11.7 Å². The fourth-order valence-electron chi connectivity index (χ4n) is 3.64. The van der Waals surface area contributed by atoms with Crippen molar-refractivity contribution in [3.8, 4) is 0 Å². The predicted octanol–water partition coefficient (Wildman–Crippen LogP) is 4.08. The molecule has 2 rings (SSSR count). The van der Waals surface area contributed by atoms with Crippen LogP contribution in [0.15, 0.2) is 0 Å². The van der Waals surface area contributed by atoms with Crippen molar-refractivity contribution < 1.29 is 23.7 Å². The number of ether oxygens (including phenoxy) is 4. The molecule has 0 radical (unpaired) electrons. The Morgan fingerprint density at radius 2 is 1.92 bits per heavy atom. The van der Waals surface area contributed by atoms with Gasteiger partial charge < -0.3 is 18.9 Å². The van der Waals surface area contributed by atoms with Crippen molar-refractivity contribution in [1.29, 1.82) is 0 Å². The van der Waals surface area contributed by atoms with E-state index in [1.807, 2.05) is 41.5 Å². The van der Waals surface area contributed by atoms with Gasteiger partial charge in [-0.2, -0.15) is 0 Å². The fraction of sp³-hybridized carbons (Fsp3) is 0.950. The number of carbonyl (C=O) groups is 1. The minimum Gasteiger partial charge on any atom is -0.460 e. The molecule has 0 amide bonds. The van der Waals surface area contributed by atoms with Crippen LogP contribution >= 0.6 is 0 Å². The Bertz CT molecular complexity index is 440. The summed E-state index contributed by atoms with van der Waals surface area (Å²) in [5.74, 6) is -0.236. The second-order valence-corrected chi connectivity index (χ2v) is 9.00. The molecule has 1 heterocycles. The van der Waals surface area contributed by atoms with E-state index in [0.29, 0.717) is 19.1 Å². The summed E-state index contributed by atoms with van der Waals surface area (Å²) in [5.41, 5.74) is -0.418. The number of carbonyl (C=O) groups excluding carboxylic acids is 1. The highest BCUT2D eigenvalue weighted by molar-refractivity contribution is 5.72. The van der Waals surface area contributed by atoms with Crippen LogP contribution in [-0.2, 0) is 23.7 Å². The Morgan fingerprint density at radius 1 is 1.20 bits per heavy atom. The first kappa shape index (κ1) is 20.7. The average Bonchev–Trinajstić information content (AvgIpc) is 2.70. The molecule has 5 nitrogen and oxygen atoms in total. The van der Waals surface area contributed by atoms with Crippen LogP contribution in [0.3, 0.4) is 0 Å². The molecule has 5 heteroatoms. The van der Waals surface area contributed by atoms with E-state index in [9.17, 15) is 4.79 Å². The predicted molar refractivity (Wildman–Crippen MR) is 96.2 cm³/mol. The Morgan fingerprint density at radius 3 is 2.52 bits per heavy atom. The lowest BCUT2D eigenvalue weighted by molar-refractivity contribution is -0.161. The summed E-state index contributed by atoms with van der Waals surface area (Å²) in [4.78, 5) is 12.3. The molecule has 1 saturated carbocycles. The number of hydrogen-bond donors (Lipinski definition) is 0. The fourth-order valence-corrected chi connectivity index (χ4v) is 3.64. The Kier molecular flexibility index (Phi) is 6.91. The van der Waals surface area contributed by atoms with Crippen LogP contribution in [0.1, 0.15) is 73.6 Å². The van der Waals surface area contributed by atoms with E-state index < -0.39 is 11.4 Å². The molecular weight excluding hydrogens is 320 g/mol. The summed E-state index contributed by atoms with van der Waals surface area (Å²) < 4.78 is 23.0. The normalized spacial score (nSPS) is 31.4. The first-order chi connectivity index (χ1) is 11.6. The molecule has 0 aromatic heterocycles. The molecular formula is C20H36O5. The molecule has 1 aliphatic carbocycles. The van der Waals surface area contributed by atoms with Gasteiger partial charge in [0, 0.05) is 0 Å². The minimum atomic E-state index is -0.495. The standard InChI is InChI=1S/C20H36O5/c1-14(18(21)25-19(2,3)4)15-8-7-9-16(11-10-15)22-12-17-13-23-20(5,6)24-17/h14-17H,7-13H2,1-6H3/t14?,15?,16?,17-/m0/s1. The monoisotopic (exact) mass is 356 g/mol. The van der Waals surface area contributed by atoms with E-state index in [1.165, 1.54) is 0 Å². The zero-order valence-corrected chi connectivity index (χ0v) is 16.8. The van der Waals surface area contributed by atoms with Crippen molar-refractivity contribution in [2.75, 3.05) is 13.2 Å². The maximum absolute atomic E-state index is 12.3. The molecule has 2 aliphatic rings. The zero-order valence-electron chi connectivity index (χ0n) is 16.8. The molecule has 25 heavy (non-hydrogen) atoms. The minimum absolute atomic E-state index is 0.0229. The molecule has 0 N–H and O–H groups in total. The lowest BCUT2D eigenvalue weighted by Gasteiger charge is -2.26. The Balaban J connectivity index is 1.75. The zero-order chi connectivity index (χ0) is 18.7. The van der Waals surface area contributed by atoms with Crippen LogP contribution in [-0.4, -0.2) is 42.8 Å². The lowest BCUT2D eigenvalue weighted by atomic mass is 9.87.